The van der Waals surface area contributed by atoms with E-state index in [2.05, 4.69) is 91.0 Å². The SMILES string of the molecule is Cc1cc(C)c(-n2c(-c3cccc4c3sc3ncccc34)nc3ccccc32)c(C)c1. The van der Waals surface area contributed by atoms with Gasteiger partial charge in [0.05, 0.1) is 16.7 Å². The maximum Gasteiger partial charge on any atom is 0.147 e. The number of nitrogens with zero attached hydrogens (tertiary/aromatic N) is 3. The molecule has 0 amide bonds. The fourth-order valence-electron chi connectivity index (χ4n) is 4.77. The van der Waals surface area contributed by atoms with Crippen LogP contribution in [0.2, 0.25) is 0 Å². The van der Waals surface area contributed by atoms with E-state index in [0.29, 0.717) is 0 Å². The van der Waals surface area contributed by atoms with Crippen LogP contribution in [0.3, 0.4) is 0 Å². The molecule has 150 valence electrons. The minimum Gasteiger partial charge on any atom is -0.292 e. The van der Waals surface area contributed by atoms with E-state index >= 15 is 0 Å². The van der Waals surface area contributed by atoms with Gasteiger partial charge in [-0.2, -0.15) is 0 Å². The highest BCUT2D eigenvalue weighted by Crippen LogP contribution is 2.41. The van der Waals surface area contributed by atoms with Crippen LogP contribution in [0.15, 0.2) is 72.9 Å². The van der Waals surface area contributed by atoms with Crippen molar-refractivity contribution in [2.45, 2.75) is 20.8 Å². The number of thiophene rings is 1. The number of aryl methyl sites for hydroxylation is 3. The Labute approximate surface area is 184 Å². The monoisotopic (exact) mass is 419 g/mol. The predicted octanol–water partition coefficient (Wildman–Crippen LogP) is 7.38. The molecule has 0 bridgehead atoms. The highest BCUT2D eigenvalue weighted by atomic mass is 32.1. The minimum absolute atomic E-state index is 0.980. The normalized spacial score (nSPS) is 11.7. The second-order valence-electron chi connectivity index (χ2n) is 8.15. The molecule has 0 aliphatic rings. The number of para-hydroxylation sites is 2. The average Bonchev–Trinajstić information content (AvgIpc) is 3.32. The summed E-state index contributed by atoms with van der Waals surface area (Å²) in [5.74, 6) is 0.980. The minimum atomic E-state index is 0.980. The zero-order valence-electron chi connectivity index (χ0n) is 17.7. The first kappa shape index (κ1) is 18.3. The van der Waals surface area contributed by atoms with Crippen LogP contribution in [0.1, 0.15) is 16.7 Å². The first-order valence-electron chi connectivity index (χ1n) is 10.4. The molecule has 0 unspecified atom stereocenters. The summed E-state index contributed by atoms with van der Waals surface area (Å²) >= 11 is 1.74. The second kappa shape index (κ2) is 6.76. The summed E-state index contributed by atoms with van der Waals surface area (Å²) in [6, 6.07) is 23.6. The number of aromatic nitrogens is 3. The molecule has 0 aliphatic heterocycles. The lowest BCUT2D eigenvalue weighted by atomic mass is 10.0. The summed E-state index contributed by atoms with van der Waals surface area (Å²) in [7, 11) is 0. The van der Waals surface area contributed by atoms with Crippen molar-refractivity contribution in [3.05, 3.63) is 89.6 Å². The number of pyridine rings is 1. The van der Waals surface area contributed by atoms with Gasteiger partial charge in [0.25, 0.3) is 0 Å². The third-order valence-electron chi connectivity index (χ3n) is 5.94. The van der Waals surface area contributed by atoms with Gasteiger partial charge in [0.2, 0.25) is 0 Å². The number of fused-ring (bicyclic) bond motifs is 4. The quantitative estimate of drug-likeness (QED) is 0.293. The van der Waals surface area contributed by atoms with Gasteiger partial charge in [0.1, 0.15) is 10.7 Å². The topological polar surface area (TPSA) is 30.7 Å². The van der Waals surface area contributed by atoms with Crippen LogP contribution < -0.4 is 0 Å². The molecule has 0 spiro atoms. The summed E-state index contributed by atoms with van der Waals surface area (Å²) < 4.78 is 3.57. The Hall–Kier alpha value is -3.50. The summed E-state index contributed by atoms with van der Waals surface area (Å²) in [5.41, 5.74) is 8.29. The van der Waals surface area contributed by atoms with E-state index in [9.17, 15) is 0 Å². The van der Waals surface area contributed by atoms with Crippen molar-refractivity contribution in [2.75, 3.05) is 0 Å². The maximum atomic E-state index is 5.13. The van der Waals surface area contributed by atoms with Gasteiger partial charge in [-0.1, -0.05) is 42.0 Å². The Morgan fingerprint density at radius 1 is 0.806 bits per heavy atom. The molecule has 3 aromatic carbocycles. The van der Waals surface area contributed by atoms with Crippen molar-refractivity contribution in [1.82, 2.24) is 14.5 Å². The van der Waals surface area contributed by atoms with Crippen molar-refractivity contribution in [2.24, 2.45) is 0 Å². The Bertz CT molecular complexity index is 1600. The standard InChI is InChI=1S/C27H21N3S/c1-16-14-17(2)24(18(3)15-16)30-23-12-5-4-11-22(23)29-26(30)21-9-6-8-19-20-10-7-13-28-27(20)31-25(19)21/h4-15H,1-3H3. The van der Waals surface area contributed by atoms with E-state index in [1.165, 1.54) is 37.9 Å². The molecule has 0 fully saturated rings. The number of imidazole rings is 1. The van der Waals surface area contributed by atoms with Gasteiger partial charge in [-0.25, -0.2) is 9.97 Å². The Kier molecular flexibility index (Phi) is 3.99. The lowest BCUT2D eigenvalue weighted by Crippen LogP contribution is -2.03. The first-order valence-corrected chi connectivity index (χ1v) is 11.3. The number of hydrogen-bond acceptors (Lipinski definition) is 3. The Morgan fingerprint density at radius 3 is 2.42 bits per heavy atom. The van der Waals surface area contributed by atoms with Crippen LogP contribution in [0, 0.1) is 20.8 Å². The van der Waals surface area contributed by atoms with Crippen LogP contribution in [0.5, 0.6) is 0 Å². The van der Waals surface area contributed by atoms with Gasteiger partial charge in [0, 0.05) is 27.2 Å². The molecular formula is C27H21N3S. The zero-order valence-corrected chi connectivity index (χ0v) is 18.5. The summed E-state index contributed by atoms with van der Waals surface area (Å²) in [4.78, 5) is 10.8. The molecule has 4 heteroatoms. The molecule has 0 saturated carbocycles. The fourth-order valence-corrected chi connectivity index (χ4v) is 5.92. The number of hydrogen-bond donors (Lipinski definition) is 0. The van der Waals surface area contributed by atoms with E-state index in [-0.39, 0.29) is 0 Å². The van der Waals surface area contributed by atoms with Crippen molar-refractivity contribution in [1.29, 1.82) is 0 Å². The van der Waals surface area contributed by atoms with Gasteiger partial charge in [-0.05, 0) is 62.2 Å². The summed E-state index contributed by atoms with van der Waals surface area (Å²) in [5, 5.41) is 2.44. The molecule has 0 atom stereocenters. The molecule has 0 N–H and O–H groups in total. The lowest BCUT2D eigenvalue weighted by molar-refractivity contribution is 1.06. The largest absolute Gasteiger partial charge is 0.292 e. The third-order valence-corrected chi connectivity index (χ3v) is 7.10. The van der Waals surface area contributed by atoms with E-state index < -0.39 is 0 Å². The van der Waals surface area contributed by atoms with Crippen molar-refractivity contribution >= 4 is 42.7 Å². The van der Waals surface area contributed by atoms with Crippen LogP contribution in [-0.2, 0) is 0 Å². The third kappa shape index (κ3) is 2.72. The highest BCUT2D eigenvalue weighted by Gasteiger charge is 2.20. The van der Waals surface area contributed by atoms with E-state index in [0.717, 1.165) is 27.3 Å². The van der Waals surface area contributed by atoms with Crippen molar-refractivity contribution < 1.29 is 0 Å². The van der Waals surface area contributed by atoms with Crippen molar-refractivity contribution in [3.8, 4) is 17.1 Å². The predicted molar refractivity (Wildman–Crippen MR) is 131 cm³/mol. The van der Waals surface area contributed by atoms with Crippen LogP contribution in [-0.4, -0.2) is 14.5 Å². The lowest BCUT2D eigenvalue weighted by Gasteiger charge is -2.16. The average molecular weight is 420 g/mol. The van der Waals surface area contributed by atoms with Gasteiger partial charge < -0.3 is 0 Å². The van der Waals surface area contributed by atoms with E-state index in [1.807, 2.05) is 12.3 Å². The molecule has 0 radical (unpaired) electrons. The zero-order chi connectivity index (χ0) is 21.1. The molecule has 3 heterocycles. The molecule has 6 aromatic rings. The molecule has 6 rings (SSSR count). The molecule has 0 aliphatic carbocycles. The highest BCUT2D eigenvalue weighted by molar-refractivity contribution is 7.26. The molecule has 31 heavy (non-hydrogen) atoms. The van der Waals surface area contributed by atoms with Gasteiger partial charge in [0.15, 0.2) is 0 Å². The van der Waals surface area contributed by atoms with Crippen molar-refractivity contribution in [3.63, 3.8) is 0 Å². The van der Waals surface area contributed by atoms with Gasteiger partial charge in [-0.3, -0.25) is 4.57 Å². The Balaban J connectivity index is 1.76. The number of rotatable bonds is 2. The van der Waals surface area contributed by atoms with Crippen LogP contribution >= 0.6 is 11.3 Å². The van der Waals surface area contributed by atoms with E-state index in [1.54, 1.807) is 11.3 Å². The second-order valence-corrected chi connectivity index (χ2v) is 9.15. The Morgan fingerprint density at radius 2 is 1.58 bits per heavy atom. The van der Waals surface area contributed by atoms with Crippen LogP contribution in [0.4, 0.5) is 0 Å². The fraction of sp³-hybridized carbons (Fsp3) is 0.111. The van der Waals surface area contributed by atoms with Crippen LogP contribution in [0.25, 0.3) is 48.4 Å². The first-order chi connectivity index (χ1) is 15.1. The summed E-state index contributed by atoms with van der Waals surface area (Å²) in [6.45, 7) is 6.54. The van der Waals surface area contributed by atoms with Gasteiger partial charge in [-0.15, -0.1) is 11.3 Å². The molecular weight excluding hydrogens is 398 g/mol. The number of benzene rings is 3. The van der Waals surface area contributed by atoms with E-state index in [4.69, 9.17) is 4.98 Å². The maximum absolute atomic E-state index is 5.13. The molecule has 0 saturated heterocycles. The van der Waals surface area contributed by atoms with Gasteiger partial charge >= 0.3 is 0 Å². The smallest absolute Gasteiger partial charge is 0.147 e. The molecule has 3 nitrogen and oxygen atoms in total. The summed E-state index contributed by atoms with van der Waals surface area (Å²) in [6.07, 6.45) is 1.87. The molecule has 3 aromatic heterocycles.